The van der Waals surface area contributed by atoms with Crippen LogP contribution in [0.1, 0.15) is 38.2 Å². The molecule has 146 valence electrons. The lowest BCUT2D eigenvalue weighted by molar-refractivity contribution is -0.144. The Balaban J connectivity index is 1.93. The number of nitrogens with two attached hydrogens (primary N) is 1. The lowest BCUT2D eigenvalue weighted by atomic mass is 10.0. The Labute approximate surface area is 156 Å². The summed E-state index contributed by atoms with van der Waals surface area (Å²) in [7, 11) is 1.62. The summed E-state index contributed by atoms with van der Waals surface area (Å²) in [6.07, 6.45) is 5.25. The predicted octanol–water partition coefficient (Wildman–Crippen LogP) is 2.38. The third kappa shape index (κ3) is 6.18. The summed E-state index contributed by atoms with van der Waals surface area (Å²) in [5, 5.41) is 0. The number of hydrogen-bond donors (Lipinski definition) is 1. The molecule has 1 aliphatic rings. The Morgan fingerprint density at radius 2 is 2.04 bits per heavy atom. The number of esters is 1. The fourth-order valence-corrected chi connectivity index (χ4v) is 3.26. The van der Waals surface area contributed by atoms with Gasteiger partial charge in [-0.3, -0.25) is 4.79 Å². The molecule has 0 amide bonds. The molecule has 1 aromatic rings. The fraction of sp³-hybridized carbons (Fsp3) is 0.650. The van der Waals surface area contributed by atoms with Crippen molar-refractivity contribution in [1.82, 2.24) is 4.90 Å². The smallest absolute Gasteiger partial charge is 0.323 e. The van der Waals surface area contributed by atoms with Crippen molar-refractivity contribution in [3.05, 3.63) is 23.8 Å². The lowest BCUT2D eigenvalue weighted by Gasteiger charge is -2.26. The van der Waals surface area contributed by atoms with Crippen LogP contribution >= 0.6 is 0 Å². The predicted molar refractivity (Wildman–Crippen MR) is 102 cm³/mol. The third-order valence-corrected chi connectivity index (χ3v) is 4.62. The molecule has 26 heavy (non-hydrogen) atoms. The number of carbonyl (C=O) groups is 1. The van der Waals surface area contributed by atoms with Crippen LogP contribution in [0, 0.1) is 0 Å². The SMILES string of the molecule is CCOC(=O)C(N)Cc1cccc(OC)c1OCCCN1CCCCC1. The molecule has 1 fully saturated rings. The number of piperidine rings is 1. The van der Waals surface area contributed by atoms with Gasteiger partial charge in [-0.1, -0.05) is 18.6 Å². The average molecular weight is 364 g/mol. The largest absolute Gasteiger partial charge is 0.493 e. The van der Waals surface area contributed by atoms with E-state index < -0.39 is 12.0 Å². The van der Waals surface area contributed by atoms with Crippen molar-refractivity contribution in [2.75, 3.05) is 40.0 Å². The number of rotatable bonds is 10. The van der Waals surface area contributed by atoms with Crippen molar-refractivity contribution in [3.8, 4) is 11.5 Å². The van der Waals surface area contributed by atoms with Gasteiger partial charge in [0.1, 0.15) is 6.04 Å². The first-order valence-electron chi connectivity index (χ1n) is 9.59. The highest BCUT2D eigenvalue weighted by atomic mass is 16.5. The Hall–Kier alpha value is -1.79. The van der Waals surface area contributed by atoms with E-state index in [1.165, 1.54) is 32.4 Å². The highest BCUT2D eigenvalue weighted by Gasteiger charge is 2.19. The monoisotopic (exact) mass is 364 g/mol. The van der Waals surface area contributed by atoms with Gasteiger partial charge in [0, 0.05) is 18.5 Å². The van der Waals surface area contributed by atoms with Crippen LogP contribution in [0.25, 0.3) is 0 Å². The number of methoxy groups -OCH3 is 1. The van der Waals surface area contributed by atoms with Gasteiger partial charge in [-0.15, -0.1) is 0 Å². The zero-order valence-electron chi connectivity index (χ0n) is 16.0. The van der Waals surface area contributed by atoms with Gasteiger partial charge in [-0.25, -0.2) is 0 Å². The van der Waals surface area contributed by atoms with Gasteiger partial charge in [-0.2, -0.15) is 0 Å². The van der Waals surface area contributed by atoms with E-state index in [-0.39, 0.29) is 0 Å². The van der Waals surface area contributed by atoms with E-state index in [0.29, 0.717) is 31.1 Å². The second kappa shape index (κ2) is 11.0. The molecule has 1 aromatic carbocycles. The zero-order chi connectivity index (χ0) is 18.8. The summed E-state index contributed by atoms with van der Waals surface area (Å²) < 4.78 is 16.5. The Morgan fingerprint density at radius 3 is 2.73 bits per heavy atom. The topological polar surface area (TPSA) is 74.0 Å². The Kier molecular flexibility index (Phi) is 8.71. The highest BCUT2D eigenvalue weighted by molar-refractivity contribution is 5.76. The van der Waals surface area contributed by atoms with E-state index in [0.717, 1.165) is 18.5 Å². The van der Waals surface area contributed by atoms with E-state index in [1.54, 1.807) is 14.0 Å². The van der Waals surface area contributed by atoms with Crippen LogP contribution in [0.3, 0.4) is 0 Å². The van der Waals surface area contributed by atoms with Crippen molar-refractivity contribution >= 4 is 5.97 Å². The summed E-state index contributed by atoms with van der Waals surface area (Å²) in [5.41, 5.74) is 6.83. The number of carbonyl (C=O) groups excluding carboxylic acids is 1. The maximum atomic E-state index is 11.8. The molecule has 1 unspecified atom stereocenters. The van der Waals surface area contributed by atoms with Crippen molar-refractivity contribution in [2.24, 2.45) is 5.73 Å². The molecule has 0 bridgehead atoms. The molecule has 1 saturated heterocycles. The molecule has 0 aliphatic carbocycles. The van der Waals surface area contributed by atoms with Crippen LogP contribution in [-0.4, -0.2) is 56.9 Å². The minimum atomic E-state index is -0.710. The van der Waals surface area contributed by atoms with Gasteiger partial charge in [0.2, 0.25) is 0 Å². The van der Waals surface area contributed by atoms with Crippen LogP contribution in [0.5, 0.6) is 11.5 Å². The number of ether oxygens (including phenoxy) is 3. The van der Waals surface area contributed by atoms with Crippen LogP contribution in [0.2, 0.25) is 0 Å². The molecule has 1 heterocycles. The summed E-state index contributed by atoms with van der Waals surface area (Å²) in [6.45, 7) is 6.13. The number of likely N-dealkylation sites (tertiary alicyclic amines) is 1. The average Bonchev–Trinajstić information content (AvgIpc) is 2.66. The molecule has 2 N–H and O–H groups in total. The molecule has 0 spiro atoms. The summed E-state index contributed by atoms with van der Waals surface area (Å²) >= 11 is 0. The molecular formula is C20H32N2O4. The van der Waals surface area contributed by atoms with Gasteiger partial charge in [0.25, 0.3) is 0 Å². The van der Waals surface area contributed by atoms with Crippen molar-refractivity contribution in [2.45, 2.75) is 45.1 Å². The van der Waals surface area contributed by atoms with Crippen LogP contribution in [0.4, 0.5) is 0 Å². The normalized spacial score (nSPS) is 16.1. The lowest BCUT2D eigenvalue weighted by Crippen LogP contribution is -2.34. The molecule has 1 atom stereocenters. The van der Waals surface area contributed by atoms with Gasteiger partial charge in [0.15, 0.2) is 11.5 Å². The van der Waals surface area contributed by atoms with Crippen LogP contribution < -0.4 is 15.2 Å². The van der Waals surface area contributed by atoms with Crippen molar-refractivity contribution < 1.29 is 19.0 Å². The first-order chi connectivity index (χ1) is 12.7. The number of hydrogen-bond acceptors (Lipinski definition) is 6. The first-order valence-corrected chi connectivity index (χ1v) is 9.59. The maximum Gasteiger partial charge on any atom is 0.323 e. The quantitative estimate of drug-likeness (QED) is 0.508. The van der Waals surface area contributed by atoms with Crippen LogP contribution in [0.15, 0.2) is 18.2 Å². The third-order valence-electron chi connectivity index (χ3n) is 4.62. The van der Waals surface area contributed by atoms with E-state index >= 15 is 0 Å². The van der Waals surface area contributed by atoms with E-state index in [4.69, 9.17) is 19.9 Å². The summed E-state index contributed by atoms with van der Waals surface area (Å²) in [4.78, 5) is 14.3. The minimum Gasteiger partial charge on any atom is -0.493 e. The standard InChI is InChI=1S/C20H32N2O4/c1-3-25-20(23)17(21)15-16-9-7-10-18(24-2)19(16)26-14-8-13-22-11-5-4-6-12-22/h7,9-10,17H,3-6,8,11-15,21H2,1-2H3. The van der Waals surface area contributed by atoms with E-state index in [1.807, 2.05) is 18.2 Å². The van der Waals surface area contributed by atoms with Gasteiger partial charge in [-0.05, 0) is 45.3 Å². The first kappa shape index (κ1) is 20.5. The zero-order valence-corrected chi connectivity index (χ0v) is 16.0. The Morgan fingerprint density at radius 1 is 1.27 bits per heavy atom. The molecule has 0 aromatic heterocycles. The van der Waals surface area contributed by atoms with Gasteiger partial charge in [0.05, 0.1) is 20.3 Å². The second-order valence-electron chi connectivity index (χ2n) is 6.62. The van der Waals surface area contributed by atoms with E-state index in [9.17, 15) is 4.79 Å². The summed E-state index contributed by atoms with van der Waals surface area (Å²) in [6, 6.07) is 4.95. The minimum absolute atomic E-state index is 0.324. The number of benzene rings is 1. The van der Waals surface area contributed by atoms with Crippen molar-refractivity contribution in [3.63, 3.8) is 0 Å². The summed E-state index contributed by atoms with van der Waals surface area (Å²) in [5.74, 6) is 0.941. The molecule has 0 radical (unpaired) electrons. The number of para-hydroxylation sites is 1. The molecule has 0 saturated carbocycles. The van der Waals surface area contributed by atoms with Gasteiger partial charge >= 0.3 is 5.97 Å². The molecule has 2 rings (SSSR count). The Bertz CT molecular complexity index is 559. The molecule has 6 heteroatoms. The molecule has 6 nitrogen and oxygen atoms in total. The fourth-order valence-electron chi connectivity index (χ4n) is 3.26. The molecule has 1 aliphatic heterocycles. The van der Waals surface area contributed by atoms with Crippen molar-refractivity contribution in [1.29, 1.82) is 0 Å². The van der Waals surface area contributed by atoms with Gasteiger partial charge < -0.3 is 24.8 Å². The highest BCUT2D eigenvalue weighted by Crippen LogP contribution is 2.32. The van der Waals surface area contributed by atoms with E-state index in [2.05, 4.69) is 4.90 Å². The second-order valence-corrected chi connectivity index (χ2v) is 6.62. The molecular weight excluding hydrogens is 332 g/mol. The van der Waals surface area contributed by atoms with Crippen LogP contribution in [-0.2, 0) is 16.0 Å². The maximum absolute atomic E-state index is 11.8. The number of nitrogens with zero attached hydrogens (tertiary/aromatic N) is 1.